The van der Waals surface area contributed by atoms with Gasteiger partial charge in [0, 0.05) is 10.6 Å². The molecule has 100 valence electrons. The molecule has 1 aromatic heterocycles. The Kier molecular flexibility index (Phi) is 4.39. The Morgan fingerprint density at radius 3 is 2.74 bits per heavy atom. The van der Waals surface area contributed by atoms with Crippen molar-refractivity contribution in [2.45, 2.75) is 13.3 Å². The van der Waals surface area contributed by atoms with Gasteiger partial charge in [0.05, 0.1) is 11.6 Å². The number of nitrogens with zero attached hydrogens (tertiary/aromatic N) is 3. The van der Waals surface area contributed by atoms with E-state index in [9.17, 15) is 0 Å². The molecule has 19 heavy (non-hydrogen) atoms. The Hall–Kier alpha value is -1.59. The van der Waals surface area contributed by atoms with Gasteiger partial charge in [0.2, 0.25) is 5.95 Å². The van der Waals surface area contributed by atoms with E-state index in [0.717, 1.165) is 6.42 Å². The first kappa shape index (κ1) is 13.8. The molecule has 2 aromatic rings. The maximum Gasteiger partial charge on any atom is 0.321 e. The standard InChI is InChI=1S/C12H12Cl2N4O/c1-2-5-19-12-17-10(16-11(15)18-12)8-6-7(13)3-4-9(8)14/h3-4,6H,2,5H2,1H3,(H2,15,16,17,18). The molecule has 0 spiro atoms. The van der Waals surface area contributed by atoms with Crippen LogP contribution in [0, 0.1) is 0 Å². The molecule has 0 amide bonds. The molecule has 7 heteroatoms. The smallest absolute Gasteiger partial charge is 0.321 e. The van der Waals surface area contributed by atoms with Gasteiger partial charge in [-0.3, -0.25) is 0 Å². The predicted octanol–water partition coefficient (Wildman–Crippen LogP) is 3.22. The van der Waals surface area contributed by atoms with Gasteiger partial charge in [-0.2, -0.15) is 15.0 Å². The SMILES string of the molecule is CCCOc1nc(N)nc(-c2cc(Cl)ccc2Cl)n1. The van der Waals surface area contributed by atoms with Crippen LogP contribution in [-0.2, 0) is 0 Å². The molecular formula is C12H12Cl2N4O. The Morgan fingerprint density at radius 2 is 2.00 bits per heavy atom. The zero-order valence-electron chi connectivity index (χ0n) is 10.2. The summed E-state index contributed by atoms with van der Waals surface area (Å²) in [4.78, 5) is 12.1. The van der Waals surface area contributed by atoms with Gasteiger partial charge in [0.1, 0.15) is 0 Å². The van der Waals surface area contributed by atoms with Gasteiger partial charge in [0.15, 0.2) is 5.82 Å². The highest BCUT2D eigenvalue weighted by molar-refractivity contribution is 6.35. The molecule has 0 aliphatic rings. The Morgan fingerprint density at radius 1 is 1.21 bits per heavy atom. The molecule has 1 aromatic carbocycles. The lowest BCUT2D eigenvalue weighted by Gasteiger charge is -2.07. The van der Waals surface area contributed by atoms with Gasteiger partial charge in [-0.15, -0.1) is 0 Å². The van der Waals surface area contributed by atoms with E-state index < -0.39 is 0 Å². The topological polar surface area (TPSA) is 73.9 Å². The van der Waals surface area contributed by atoms with Crippen LogP contribution < -0.4 is 10.5 Å². The fourth-order valence-corrected chi connectivity index (χ4v) is 1.79. The summed E-state index contributed by atoms with van der Waals surface area (Å²) in [5.41, 5.74) is 6.23. The van der Waals surface area contributed by atoms with Crippen molar-refractivity contribution in [3.8, 4) is 17.4 Å². The maximum atomic E-state index is 6.10. The minimum Gasteiger partial charge on any atom is -0.463 e. The molecule has 0 fully saturated rings. The molecule has 2 N–H and O–H groups in total. The highest BCUT2D eigenvalue weighted by Gasteiger charge is 2.11. The molecule has 0 aliphatic carbocycles. The van der Waals surface area contributed by atoms with Crippen molar-refractivity contribution < 1.29 is 4.74 Å². The second kappa shape index (κ2) is 6.04. The lowest BCUT2D eigenvalue weighted by molar-refractivity contribution is 0.292. The van der Waals surface area contributed by atoms with Gasteiger partial charge in [-0.1, -0.05) is 30.1 Å². The van der Waals surface area contributed by atoms with E-state index in [2.05, 4.69) is 15.0 Å². The molecule has 0 radical (unpaired) electrons. The molecule has 0 saturated heterocycles. The first-order valence-corrected chi connectivity index (χ1v) is 6.45. The molecule has 0 atom stereocenters. The van der Waals surface area contributed by atoms with Crippen molar-refractivity contribution in [1.29, 1.82) is 0 Å². The van der Waals surface area contributed by atoms with Crippen LogP contribution in [0.5, 0.6) is 6.01 Å². The number of hydrogen-bond donors (Lipinski definition) is 1. The lowest BCUT2D eigenvalue weighted by Crippen LogP contribution is -2.06. The van der Waals surface area contributed by atoms with Crippen molar-refractivity contribution in [1.82, 2.24) is 15.0 Å². The molecular weight excluding hydrogens is 287 g/mol. The van der Waals surface area contributed by atoms with E-state index in [4.69, 9.17) is 33.7 Å². The van der Waals surface area contributed by atoms with Crippen molar-refractivity contribution in [2.75, 3.05) is 12.3 Å². The largest absolute Gasteiger partial charge is 0.463 e. The van der Waals surface area contributed by atoms with Gasteiger partial charge in [-0.25, -0.2) is 0 Å². The summed E-state index contributed by atoms with van der Waals surface area (Å²) in [6, 6.07) is 5.21. The Bertz CT molecular complexity index is 592. The third-order valence-corrected chi connectivity index (χ3v) is 2.80. The van der Waals surface area contributed by atoms with E-state index in [0.29, 0.717) is 28.0 Å². The Labute approximate surface area is 120 Å². The van der Waals surface area contributed by atoms with Crippen molar-refractivity contribution in [3.63, 3.8) is 0 Å². The second-order valence-electron chi connectivity index (χ2n) is 3.77. The van der Waals surface area contributed by atoms with Crippen LogP contribution in [0.15, 0.2) is 18.2 Å². The summed E-state index contributed by atoms with van der Waals surface area (Å²) >= 11 is 12.0. The number of benzene rings is 1. The number of ether oxygens (including phenoxy) is 1. The quantitative estimate of drug-likeness (QED) is 0.938. The number of halogens is 2. The van der Waals surface area contributed by atoms with E-state index in [1.54, 1.807) is 18.2 Å². The third kappa shape index (κ3) is 3.45. The van der Waals surface area contributed by atoms with Gasteiger partial charge < -0.3 is 10.5 Å². The normalized spacial score (nSPS) is 10.5. The van der Waals surface area contributed by atoms with Crippen LogP contribution in [-0.4, -0.2) is 21.6 Å². The van der Waals surface area contributed by atoms with Crippen molar-refractivity contribution in [3.05, 3.63) is 28.2 Å². The van der Waals surface area contributed by atoms with E-state index >= 15 is 0 Å². The van der Waals surface area contributed by atoms with Gasteiger partial charge in [-0.05, 0) is 24.6 Å². The summed E-state index contributed by atoms with van der Waals surface area (Å²) in [7, 11) is 0. The van der Waals surface area contributed by atoms with Crippen LogP contribution >= 0.6 is 23.2 Å². The first-order valence-electron chi connectivity index (χ1n) is 5.70. The van der Waals surface area contributed by atoms with Crippen molar-refractivity contribution >= 4 is 29.2 Å². The zero-order chi connectivity index (χ0) is 13.8. The minimum atomic E-state index is 0.0761. The molecule has 5 nitrogen and oxygen atoms in total. The average molecular weight is 299 g/mol. The minimum absolute atomic E-state index is 0.0761. The highest BCUT2D eigenvalue weighted by Crippen LogP contribution is 2.29. The fraction of sp³-hybridized carbons (Fsp3) is 0.250. The molecule has 0 unspecified atom stereocenters. The molecule has 0 aliphatic heterocycles. The van der Waals surface area contributed by atoms with Crippen LogP contribution in [0.3, 0.4) is 0 Å². The Balaban J connectivity index is 2.43. The van der Waals surface area contributed by atoms with Crippen LogP contribution in [0.1, 0.15) is 13.3 Å². The summed E-state index contributed by atoms with van der Waals surface area (Å²) in [5, 5.41) is 1.02. The number of nitrogens with two attached hydrogens (primary N) is 1. The zero-order valence-corrected chi connectivity index (χ0v) is 11.7. The first-order chi connectivity index (χ1) is 9.10. The number of anilines is 1. The van der Waals surface area contributed by atoms with Crippen LogP contribution in [0.2, 0.25) is 10.0 Å². The number of hydrogen-bond acceptors (Lipinski definition) is 5. The van der Waals surface area contributed by atoms with E-state index in [1.807, 2.05) is 6.92 Å². The third-order valence-electron chi connectivity index (χ3n) is 2.24. The number of aromatic nitrogens is 3. The van der Waals surface area contributed by atoms with Crippen LogP contribution in [0.25, 0.3) is 11.4 Å². The molecule has 0 bridgehead atoms. The van der Waals surface area contributed by atoms with E-state index in [1.165, 1.54) is 0 Å². The summed E-state index contributed by atoms with van der Waals surface area (Å²) in [6.45, 7) is 2.49. The van der Waals surface area contributed by atoms with Crippen LogP contribution in [0.4, 0.5) is 5.95 Å². The highest BCUT2D eigenvalue weighted by atomic mass is 35.5. The molecule has 2 rings (SSSR count). The summed E-state index contributed by atoms with van der Waals surface area (Å²) in [6.07, 6.45) is 0.846. The number of nitrogen functional groups attached to an aromatic ring is 1. The average Bonchev–Trinajstić information content (AvgIpc) is 2.38. The van der Waals surface area contributed by atoms with Gasteiger partial charge in [0.25, 0.3) is 0 Å². The molecule has 1 heterocycles. The number of rotatable bonds is 4. The van der Waals surface area contributed by atoms with Gasteiger partial charge >= 0.3 is 6.01 Å². The fourth-order valence-electron chi connectivity index (χ4n) is 1.42. The van der Waals surface area contributed by atoms with Crippen molar-refractivity contribution in [2.24, 2.45) is 0 Å². The monoisotopic (exact) mass is 298 g/mol. The molecule has 0 saturated carbocycles. The second-order valence-corrected chi connectivity index (χ2v) is 4.62. The summed E-state index contributed by atoms with van der Waals surface area (Å²) in [5.74, 6) is 0.415. The summed E-state index contributed by atoms with van der Waals surface area (Å²) < 4.78 is 5.35. The van der Waals surface area contributed by atoms with E-state index in [-0.39, 0.29) is 12.0 Å². The predicted molar refractivity (Wildman–Crippen MR) is 75.5 cm³/mol. The maximum absolute atomic E-state index is 6.10. The lowest BCUT2D eigenvalue weighted by atomic mass is 10.2.